The molecule has 0 unspecified atom stereocenters. The Morgan fingerprint density at radius 3 is 2.29 bits per heavy atom. The number of carbonyl (C=O) groups excluding carboxylic acids is 1. The summed E-state index contributed by atoms with van der Waals surface area (Å²) in [5.74, 6) is 1.76. The number of ether oxygens (including phenoxy) is 3. The number of rotatable bonds is 8. The van der Waals surface area contributed by atoms with Crippen LogP contribution in [0.2, 0.25) is 0 Å². The van der Waals surface area contributed by atoms with Crippen LogP contribution in [-0.4, -0.2) is 25.1 Å². The Labute approximate surface area is 146 Å². The molecule has 0 N–H and O–H groups in total. The lowest BCUT2D eigenvalue weighted by atomic mass is 9.88. The van der Waals surface area contributed by atoms with Gasteiger partial charge in [-0.3, -0.25) is 4.79 Å². The second-order valence-corrected chi connectivity index (χ2v) is 8.00. The Hall–Kier alpha value is -1.55. The number of hydrogen-bond acceptors (Lipinski definition) is 4. The van der Waals surface area contributed by atoms with Crippen molar-refractivity contribution in [1.29, 1.82) is 0 Å². The van der Waals surface area contributed by atoms with Crippen LogP contribution in [0.5, 0.6) is 11.5 Å². The minimum atomic E-state index is -0.280. The first-order valence-corrected chi connectivity index (χ1v) is 8.50. The fourth-order valence-corrected chi connectivity index (χ4v) is 2.03. The number of carbonyl (C=O) groups is 1. The van der Waals surface area contributed by atoms with Gasteiger partial charge in [-0.05, 0) is 39.3 Å². The van der Waals surface area contributed by atoms with E-state index in [1.165, 1.54) is 0 Å². The molecule has 0 atom stereocenters. The lowest BCUT2D eigenvalue weighted by molar-refractivity contribution is -0.126. The molecule has 0 aliphatic heterocycles. The quantitative estimate of drug-likeness (QED) is 0.641. The van der Waals surface area contributed by atoms with Gasteiger partial charge in [-0.2, -0.15) is 0 Å². The van der Waals surface area contributed by atoms with E-state index in [-0.39, 0.29) is 16.8 Å². The minimum absolute atomic E-state index is 0.195. The molecule has 1 aromatic rings. The van der Waals surface area contributed by atoms with Crippen molar-refractivity contribution < 1.29 is 19.0 Å². The molecule has 0 heterocycles. The lowest BCUT2D eigenvalue weighted by Gasteiger charge is -2.20. The number of benzene rings is 1. The van der Waals surface area contributed by atoms with Crippen LogP contribution in [0.3, 0.4) is 0 Å². The zero-order valence-corrected chi connectivity index (χ0v) is 16.2. The average Bonchev–Trinajstić information content (AvgIpc) is 2.47. The van der Waals surface area contributed by atoms with Crippen molar-refractivity contribution in [1.82, 2.24) is 0 Å². The largest absolute Gasteiger partial charge is 0.496 e. The topological polar surface area (TPSA) is 44.8 Å². The van der Waals surface area contributed by atoms with Crippen molar-refractivity contribution in [3.8, 4) is 11.5 Å². The predicted octanol–water partition coefficient (Wildman–Crippen LogP) is 4.78. The third kappa shape index (κ3) is 7.35. The highest BCUT2D eigenvalue weighted by atomic mass is 16.5. The summed E-state index contributed by atoms with van der Waals surface area (Å²) in [5, 5.41) is 0. The summed E-state index contributed by atoms with van der Waals surface area (Å²) in [7, 11) is 1.64. The molecule has 0 radical (unpaired) electrons. The normalized spacial score (nSPS) is 12.1. The molecule has 4 heteroatoms. The molecule has 0 saturated heterocycles. The van der Waals surface area contributed by atoms with Gasteiger partial charge in [-0.15, -0.1) is 0 Å². The molecule has 0 aromatic heterocycles. The number of ketones is 1. The first-order chi connectivity index (χ1) is 11.0. The van der Waals surface area contributed by atoms with E-state index in [9.17, 15) is 4.79 Å². The standard InChI is InChI=1S/C20H32O4/c1-19(2,3)18(21)9-8-12-23-16-11-10-15(17(13-16)22-7)14-24-20(4,5)6/h10-11,13H,8-9,12,14H2,1-7H3. The van der Waals surface area contributed by atoms with Gasteiger partial charge in [0.15, 0.2) is 0 Å². The molecule has 0 saturated carbocycles. The molecule has 1 aromatic carbocycles. The van der Waals surface area contributed by atoms with Gasteiger partial charge in [-0.25, -0.2) is 0 Å². The zero-order valence-electron chi connectivity index (χ0n) is 16.2. The van der Waals surface area contributed by atoms with E-state index < -0.39 is 0 Å². The number of hydrogen-bond donors (Lipinski definition) is 0. The van der Waals surface area contributed by atoms with Gasteiger partial charge in [0.1, 0.15) is 17.3 Å². The van der Waals surface area contributed by atoms with Crippen LogP contribution in [0.15, 0.2) is 18.2 Å². The lowest BCUT2D eigenvalue weighted by Crippen LogP contribution is -2.20. The van der Waals surface area contributed by atoms with Crippen molar-refractivity contribution in [3.05, 3.63) is 23.8 Å². The predicted molar refractivity (Wildman–Crippen MR) is 96.7 cm³/mol. The smallest absolute Gasteiger partial charge is 0.138 e. The van der Waals surface area contributed by atoms with E-state index in [1.54, 1.807) is 7.11 Å². The van der Waals surface area contributed by atoms with Crippen molar-refractivity contribution in [2.24, 2.45) is 5.41 Å². The van der Waals surface area contributed by atoms with Gasteiger partial charge in [0.2, 0.25) is 0 Å². The minimum Gasteiger partial charge on any atom is -0.496 e. The second-order valence-electron chi connectivity index (χ2n) is 8.00. The van der Waals surface area contributed by atoms with Crippen molar-refractivity contribution in [2.45, 2.75) is 66.6 Å². The first kappa shape index (κ1) is 20.5. The van der Waals surface area contributed by atoms with Crippen LogP contribution >= 0.6 is 0 Å². The van der Waals surface area contributed by atoms with E-state index >= 15 is 0 Å². The van der Waals surface area contributed by atoms with Gasteiger partial charge in [0.05, 0.1) is 25.9 Å². The maximum Gasteiger partial charge on any atom is 0.138 e. The Morgan fingerprint density at radius 1 is 1.08 bits per heavy atom. The van der Waals surface area contributed by atoms with Crippen LogP contribution < -0.4 is 9.47 Å². The molecule has 0 spiro atoms. The number of methoxy groups -OCH3 is 1. The van der Waals surface area contributed by atoms with Crippen molar-refractivity contribution in [3.63, 3.8) is 0 Å². The van der Waals surface area contributed by atoms with Gasteiger partial charge in [-0.1, -0.05) is 20.8 Å². The molecule has 0 aliphatic rings. The molecule has 4 nitrogen and oxygen atoms in total. The van der Waals surface area contributed by atoms with Crippen LogP contribution in [0.25, 0.3) is 0 Å². The van der Waals surface area contributed by atoms with Gasteiger partial charge >= 0.3 is 0 Å². The Bertz CT molecular complexity index is 536. The SMILES string of the molecule is COc1cc(OCCCC(=O)C(C)(C)C)ccc1COC(C)(C)C. The van der Waals surface area contributed by atoms with E-state index in [0.717, 1.165) is 17.1 Å². The maximum atomic E-state index is 11.9. The first-order valence-electron chi connectivity index (χ1n) is 8.50. The number of Topliss-reactive ketones (excluding diaryl/α,β-unsaturated/α-hetero) is 1. The van der Waals surface area contributed by atoms with Crippen LogP contribution in [-0.2, 0) is 16.1 Å². The summed E-state index contributed by atoms with van der Waals surface area (Å²) in [4.78, 5) is 11.9. The molecular formula is C20H32O4. The summed E-state index contributed by atoms with van der Waals surface area (Å²) in [6.07, 6.45) is 1.26. The van der Waals surface area contributed by atoms with E-state index in [2.05, 4.69) is 0 Å². The van der Waals surface area contributed by atoms with Crippen LogP contribution in [0.1, 0.15) is 59.9 Å². The molecule has 0 bridgehead atoms. The average molecular weight is 336 g/mol. The zero-order chi connectivity index (χ0) is 18.4. The van der Waals surface area contributed by atoms with E-state index in [4.69, 9.17) is 14.2 Å². The summed E-state index contributed by atoms with van der Waals surface area (Å²) >= 11 is 0. The fraction of sp³-hybridized carbons (Fsp3) is 0.650. The third-order valence-electron chi connectivity index (χ3n) is 3.57. The van der Waals surface area contributed by atoms with Gasteiger partial charge < -0.3 is 14.2 Å². The molecular weight excluding hydrogens is 304 g/mol. The summed E-state index contributed by atoms with van der Waals surface area (Å²) in [6, 6.07) is 5.74. The monoisotopic (exact) mass is 336 g/mol. The fourth-order valence-electron chi connectivity index (χ4n) is 2.03. The van der Waals surface area contributed by atoms with Crippen LogP contribution in [0.4, 0.5) is 0 Å². The maximum absolute atomic E-state index is 11.9. The summed E-state index contributed by atoms with van der Waals surface area (Å²) in [6.45, 7) is 12.9. The molecule has 0 fully saturated rings. The van der Waals surface area contributed by atoms with Crippen molar-refractivity contribution >= 4 is 5.78 Å². The Balaban J connectivity index is 2.54. The molecule has 1 rings (SSSR count). The van der Waals surface area contributed by atoms with Gasteiger partial charge in [0.25, 0.3) is 0 Å². The second kappa shape index (κ2) is 8.52. The highest BCUT2D eigenvalue weighted by molar-refractivity contribution is 5.83. The third-order valence-corrected chi connectivity index (χ3v) is 3.57. The highest BCUT2D eigenvalue weighted by Crippen LogP contribution is 2.27. The Kier molecular flexibility index (Phi) is 7.27. The molecule has 136 valence electrons. The summed E-state index contributed by atoms with van der Waals surface area (Å²) in [5.41, 5.74) is 0.514. The molecule has 24 heavy (non-hydrogen) atoms. The van der Waals surface area contributed by atoms with Gasteiger partial charge in [0, 0.05) is 23.5 Å². The van der Waals surface area contributed by atoms with E-state index in [0.29, 0.717) is 26.1 Å². The van der Waals surface area contributed by atoms with E-state index in [1.807, 2.05) is 59.7 Å². The van der Waals surface area contributed by atoms with Crippen LogP contribution in [0, 0.1) is 5.41 Å². The highest BCUT2D eigenvalue weighted by Gasteiger charge is 2.20. The Morgan fingerprint density at radius 2 is 1.75 bits per heavy atom. The molecule has 0 aliphatic carbocycles. The van der Waals surface area contributed by atoms with Crippen molar-refractivity contribution in [2.75, 3.05) is 13.7 Å². The summed E-state index contributed by atoms with van der Waals surface area (Å²) < 4.78 is 17.0. The molecule has 0 amide bonds.